The van der Waals surface area contributed by atoms with Crippen LogP contribution in [0.2, 0.25) is 0 Å². The molecule has 3 heterocycles. The topological polar surface area (TPSA) is 192 Å². The lowest BCUT2D eigenvalue weighted by Gasteiger charge is -2.41. The number of nitrogens with zero attached hydrogens (tertiary/aromatic N) is 4. The van der Waals surface area contributed by atoms with Crippen molar-refractivity contribution >= 4 is 63.5 Å². The highest BCUT2D eigenvalue weighted by Crippen LogP contribution is 2.43. The number of rotatable bonds is 19. The largest absolute Gasteiger partial charge is 0.545 e. The maximum Gasteiger partial charge on any atom is 0.325 e. The van der Waals surface area contributed by atoms with Gasteiger partial charge in [0.2, 0.25) is 11.3 Å². The minimum atomic E-state index is -1.28. The van der Waals surface area contributed by atoms with E-state index >= 15 is 0 Å². The molecule has 17 heteroatoms. The summed E-state index contributed by atoms with van der Waals surface area (Å²) in [4.78, 5) is 68.7. The van der Waals surface area contributed by atoms with Gasteiger partial charge < -0.3 is 58.0 Å². The molecule has 1 atom stereocenters. The Morgan fingerprint density at radius 2 is 1.41 bits per heavy atom. The van der Waals surface area contributed by atoms with Gasteiger partial charge in [0.15, 0.2) is 0 Å². The molecule has 69 heavy (non-hydrogen) atoms. The number of carbonyl (C=O) groups excluding carboxylic acids is 5. The molecule has 358 valence electrons. The third-order valence-electron chi connectivity index (χ3n) is 12.4. The number of fused-ring (bicyclic) bond motifs is 2. The molecule has 0 bridgehead atoms. The van der Waals surface area contributed by atoms with Crippen molar-refractivity contribution in [1.29, 1.82) is 0 Å². The van der Waals surface area contributed by atoms with Crippen molar-refractivity contribution in [2.24, 2.45) is 0 Å². The van der Waals surface area contributed by atoms with Gasteiger partial charge >= 0.3 is 17.9 Å². The number of hydrogen-bond acceptors (Lipinski definition) is 15. The highest BCUT2D eigenvalue weighted by Gasteiger charge is 2.35. The van der Waals surface area contributed by atoms with Gasteiger partial charge in [-0.1, -0.05) is 36.4 Å². The van der Waals surface area contributed by atoms with Crippen LogP contribution in [0, 0.1) is 0 Å². The van der Waals surface area contributed by atoms with E-state index in [2.05, 4.69) is 9.89 Å². The molecule has 2 fully saturated rings. The zero-order valence-electron chi connectivity index (χ0n) is 38.9. The highest BCUT2D eigenvalue weighted by molar-refractivity contribution is 6.08. The summed E-state index contributed by atoms with van der Waals surface area (Å²) in [6.07, 6.45) is 1.69. The van der Waals surface area contributed by atoms with Crippen LogP contribution < -0.4 is 44.5 Å². The van der Waals surface area contributed by atoms with Crippen LogP contribution in [0.4, 0.5) is 22.7 Å². The summed E-state index contributed by atoms with van der Waals surface area (Å²) in [5, 5.41) is 17.2. The molecule has 4 aromatic rings. The van der Waals surface area contributed by atoms with Crippen LogP contribution in [0.3, 0.4) is 0 Å². The maximum absolute atomic E-state index is 14.1. The Morgan fingerprint density at radius 1 is 0.739 bits per heavy atom. The number of benzene rings is 5. The van der Waals surface area contributed by atoms with E-state index in [0.717, 1.165) is 41.7 Å². The minimum Gasteiger partial charge on any atom is -0.545 e. The van der Waals surface area contributed by atoms with Gasteiger partial charge in [-0.15, -0.1) is 0 Å². The van der Waals surface area contributed by atoms with Crippen LogP contribution in [-0.4, -0.2) is 116 Å². The van der Waals surface area contributed by atoms with E-state index in [0.29, 0.717) is 70.4 Å². The van der Waals surface area contributed by atoms with E-state index in [1.165, 1.54) is 26.2 Å². The number of carbonyl (C=O) groups is 5. The average molecular weight is 940 g/mol. The molecular weight excluding hydrogens is 887 g/mol. The van der Waals surface area contributed by atoms with Crippen molar-refractivity contribution in [1.82, 2.24) is 4.58 Å². The summed E-state index contributed by atoms with van der Waals surface area (Å²) < 4.78 is 36.0. The lowest BCUT2D eigenvalue weighted by atomic mass is 9.90. The normalized spacial score (nSPS) is 14.0. The van der Waals surface area contributed by atoms with Gasteiger partial charge in [0.25, 0.3) is 0 Å². The Kier molecular flexibility index (Phi) is 14.6. The number of esters is 3. The van der Waals surface area contributed by atoms with Gasteiger partial charge in [-0.05, 0) is 61.4 Å². The Bertz CT molecular complexity index is 2930. The van der Waals surface area contributed by atoms with Gasteiger partial charge in [0.05, 0.1) is 51.2 Å². The summed E-state index contributed by atoms with van der Waals surface area (Å²) >= 11 is 0. The number of hydrogen-bond donors (Lipinski definition) is 1. The number of carboxylic acid groups (broad SMARTS) is 1. The minimum absolute atomic E-state index is 0.0291. The zero-order valence-corrected chi connectivity index (χ0v) is 38.9. The van der Waals surface area contributed by atoms with E-state index in [1.807, 2.05) is 48.2 Å². The second-order valence-electron chi connectivity index (χ2n) is 16.4. The van der Waals surface area contributed by atoms with Crippen molar-refractivity contribution in [2.75, 3.05) is 100 Å². The number of para-hydroxylation sites is 2. The van der Waals surface area contributed by atoms with E-state index < -0.39 is 29.9 Å². The number of anilines is 4. The van der Waals surface area contributed by atoms with Gasteiger partial charge in [-0.25, -0.2) is 4.58 Å². The van der Waals surface area contributed by atoms with Crippen LogP contribution >= 0.6 is 0 Å². The molecule has 0 radical (unpaired) electrons. The Labute approximate surface area is 398 Å². The molecule has 0 saturated carbocycles. The Hall–Kier alpha value is -8.08. The second-order valence-corrected chi connectivity index (χ2v) is 16.4. The number of nitrogens with one attached hydrogen (secondary N) is 1. The fourth-order valence-corrected chi connectivity index (χ4v) is 8.55. The van der Waals surface area contributed by atoms with E-state index in [1.54, 1.807) is 71.6 Å². The molecule has 0 aromatic heterocycles. The quantitative estimate of drug-likeness (QED) is 0.0390. The molecule has 1 aliphatic carbocycles. The van der Waals surface area contributed by atoms with Crippen LogP contribution in [0.1, 0.15) is 30.1 Å². The molecule has 1 amide bonds. The van der Waals surface area contributed by atoms with Gasteiger partial charge in [0, 0.05) is 64.7 Å². The van der Waals surface area contributed by atoms with Crippen molar-refractivity contribution in [3.8, 4) is 33.9 Å². The second kappa shape index (κ2) is 21.3. The van der Waals surface area contributed by atoms with Gasteiger partial charge in [-0.2, -0.15) is 0 Å². The number of carboxylic acids is 1. The first-order valence-corrected chi connectivity index (χ1v) is 22.7. The SMILES string of the molecule is CCN(CC(=O)OC)c1ccc(NC(=O)C2CCN2c2ccc3c(-c4ccccc4C(=O)[O-])c4ccc(=[N+]5CCC5)cc-4oc3c2)cc1OCCOc1ccccc1N(CC(=O)OC)CC(=O)OC. The molecule has 4 aromatic carbocycles. The number of ether oxygens (including phenoxy) is 5. The zero-order chi connectivity index (χ0) is 48.6. The summed E-state index contributed by atoms with van der Waals surface area (Å²) in [7, 11) is 3.84. The first kappa shape index (κ1) is 47.4. The highest BCUT2D eigenvalue weighted by atomic mass is 16.5. The smallest absolute Gasteiger partial charge is 0.325 e. The van der Waals surface area contributed by atoms with E-state index in [4.69, 9.17) is 28.1 Å². The van der Waals surface area contributed by atoms with Crippen LogP contribution in [-0.2, 0) is 33.4 Å². The molecule has 0 spiro atoms. The third-order valence-corrected chi connectivity index (χ3v) is 12.4. The first-order valence-electron chi connectivity index (χ1n) is 22.7. The lowest BCUT2D eigenvalue weighted by molar-refractivity contribution is -0.255. The van der Waals surface area contributed by atoms with Crippen molar-refractivity contribution < 1.29 is 57.2 Å². The summed E-state index contributed by atoms with van der Waals surface area (Å²) in [6, 6.07) is 30.1. The number of methoxy groups -OCH3 is 3. The van der Waals surface area contributed by atoms with E-state index in [-0.39, 0.29) is 44.3 Å². The van der Waals surface area contributed by atoms with Gasteiger partial charge in [0.1, 0.15) is 74.8 Å². The Balaban J connectivity index is 1.03. The number of likely N-dealkylation sites (N-methyl/N-ethyl adjacent to an activating group) is 1. The summed E-state index contributed by atoms with van der Waals surface area (Å²) in [5.74, 6) is -1.73. The fraction of sp³-hybridized carbons (Fsp3) is 0.308. The predicted molar refractivity (Wildman–Crippen MR) is 257 cm³/mol. The Morgan fingerprint density at radius 3 is 2.06 bits per heavy atom. The molecular formula is C52H53N5O12. The third kappa shape index (κ3) is 10.4. The standard InChI is InChI=1S/C52H53N5O12/c1-5-54(30-47(58)64-2)41-20-15-33(27-46(41)68-26-25-67-43-14-9-8-13-40(43)56(31-48(59)65-3)32-49(60)66-4)53-51(61)42-21-24-57(42)35-17-19-39-45(29-35)69-44-28-34(55-22-10-23-55)16-18-38(44)50(39)36-11-6-7-12-37(36)52(62)63/h6-9,11-20,27-29,42H,5,10,21-26,30-32H2,1-4H3,(H-,53,61,62,63). The van der Waals surface area contributed by atoms with Crippen molar-refractivity contribution in [2.45, 2.75) is 25.8 Å². The average Bonchev–Trinajstić information content (AvgIpc) is 3.32. The molecule has 1 unspecified atom stereocenters. The molecule has 1 N–H and O–H groups in total. The van der Waals surface area contributed by atoms with E-state index in [9.17, 15) is 29.1 Å². The molecule has 17 nitrogen and oxygen atoms in total. The predicted octanol–water partition coefficient (Wildman–Crippen LogP) is 4.57. The monoisotopic (exact) mass is 939 g/mol. The van der Waals surface area contributed by atoms with Crippen LogP contribution in [0.25, 0.3) is 33.4 Å². The fourth-order valence-electron chi connectivity index (χ4n) is 8.55. The summed E-state index contributed by atoms with van der Waals surface area (Å²) in [6.45, 7) is 4.39. The van der Waals surface area contributed by atoms with Crippen LogP contribution in [0.15, 0.2) is 108 Å². The lowest BCUT2D eigenvalue weighted by Crippen LogP contribution is -2.54. The van der Waals surface area contributed by atoms with Crippen molar-refractivity contribution in [3.05, 3.63) is 114 Å². The number of aromatic carboxylic acids is 1. The molecule has 8 rings (SSSR count). The molecule has 3 aliphatic heterocycles. The maximum atomic E-state index is 14.1. The summed E-state index contributed by atoms with van der Waals surface area (Å²) in [5.41, 5.74) is 4.88. The molecule has 4 aliphatic rings. The van der Waals surface area contributed by atoms with Crippen molar-refractivity contribution in [3.63, 3.8) is 0 Å². The number of amides is 1. The van der Waals surface area contributed by atoms with Crippen LogP contribution in [0.5, 0.6) is 11.5 Å². The van der Waals surface area contributed by atoms with Gasteiger partial charge in [-0.3, -0.25) is 19.2 Å². The first-order chi connectivity index (χ1) is 33.5. The molecule has 2 saturated heterocycles.